The van der Waals surface area contributed by atoms with Gasteiger partial charge >= 0.3 is 0 Å². The average Bonchev–Trinajstić information content (AvgIpc) is 2.92. The second-order valence-electron chi connectivity index (χ2n) is 5.23. The largest absolute Gasteiger partial charge is 0.359 e. The number of nitrogens with zero attached hydrogens (tertiary/aromatic N) is 3. The molecule has 0 aliphatic carbocycles. The standard InChI is InChI=1S/C15H20ClN3S/c1-10(2)14-17-13(16)11(3)15(18-14)19(4)8-7-12-6-5-9-20-12/h5-6,9-10H,7-8H2,1-4H3. The van der Waals surface area contributed by atoms with Gasteiger partial charge in [-0.15, -0.1) is 11.3 Å². The third-order valence-corrected chi connectivity index (χ3v) is 4.53. The molecule has 0 aliphatic rings. The first-order chi connectivity index (χ1) is 9.49. The van der Waals surface area contributed by atoms with Crippen LogP contribution in [0.3, 0.4) is 0 Å². The third kappa shape index (κ3) is 3.49. The lowest BCUT2D eigenvalue weighted by atomic mass is 10.2. The molecule has 0 saturated carbocycles. The molecular weight excluding hydrogens is 290 g/mol. The first-order valence-corrected chi connectivity index (χ1v) is 8.02. The van der Waals surface area contributed by atoms with Gasteiger partial charge in [-0.05, 0) is 24.8 Å². The second kappa shape index (κ2) is 6.55. The lowest BCUT2D eigenvalue weighted by Gasteiger charge is -2.21. The van der Waals surface area contributed by atoms with Gasteiger partial charge in [-0.2, -0.15) is 0 Å². The maximum atomic E-state index is 6.23. The van der Waals surface area contributed by atoms with Gasteiger partial charge in [0.2, 0.25) is 0 Å². The molecule has 2 aromatic rings. The average molecular weight is 310 g/mol. The number of rotatable bonds is 5. The summed E-state index contributed by atoms with van der Waals surface area (Å²) in [5, 5.41) is 2.67. The highest BCUT2D eigenvalue weighted by Gasteiger charge is 2.14. The van der Waals surface area contributed by atoms with E-state index in [1.54, 1.807) is 11.3 Å². The molecule has 2 rings (SSSR count). The molecule has 0 aromatic carbocycles. The van der Waals surface area contributed by atoms with E-state index >= 15 is 0 Å². The Hall–Kier alpha value is -1.13. The van der Waals surface area contributed by atoms with Gasteiger partial charge < -0.3 is 4.90 Å². The molecule has 0 fully saturated rings. The first-order valence-electron chi connectivity index (χ1n) is 6.76. The zero-order valence-corrected chi connectivity index (χ0v) is 13.9. The second-order valence-corrected chi connectivity index (χ2v) is 6.62. The van der Waals surface area contributed by atoms with Crippen LogP contribution in [-0.2, 0) is 6.42 Å². The molecule has 0 spiro atoms. The molecule has 0 aliphatic heterocycles. The van der Waals surface area contributed by atoms with Crippen molar-refractivity contribution in [2.24, 2.45) is 0 Å². The number of hydrogen-bond donors (Lipinski definition) is 0. The molecule has 108 valence electrons. The minimum absolute atomic E-state index is 0.276. The Bertz CT molecular complexity index is 567. The Balaban J connectivity index is 2.17. The highest BCUT2D eigenvalue weighted by atomic mass is 35.5. The Kier molecular flexibility index (Phi) is 5.00. The van der Waals surface area contributed by atoms with E-state index in [4.69, 9.17) is 11.6 Å². The van der Waals surface area contributed by atoms with E-state index in [0.29, 0.717) is 5.15 Å². The van der Waals surface area contributed by atoms with Gasteiger partial charge in [0.25, 0.3) is 0 Å². The molecule has 0 amide bonds. The number of aromatic nitrogens is 2. The number of likely N-dealkylation sites (N-methyl/N-ethyl adjacent to an activating group) is 1. The number of thiophene rings is 1. The number of hydrogen-bond acceptors (Lipinski definition) is 4. The third-order valence-electron chi connectivity index (χ3n) is 3.23. The fourth-order valence-corrected chi connectivity index (χ4v) is 2.83. The molecule has 3 nitrogen and oxygen atoms in total. The number of halogens is 1. The highest BCUT2D eigenvalue weighted by molar-refractivity contribution is 7.09. The predicted octanol–water partition coefficient (Wildman–Crippen LogP) is 4.30. The molecule has 5 heteroatoms. The smallest absolute Gasteiger partial charge is 0.137 e. The van der Waals surface area contributed by atoms with Crippen molar-refractivity contribution >= 4 is 28.8 Å². The molecule has 0 radical (unpaired) electrons. The summed E-state index contributed by atoms with van der Waals surface area (Å²) in [7, 11) is 2.06. The van der Waals surface area contributed by atoms with Crippen molar-refractivity contribution in [1.82, 2.24) is 9.97 Å². The Morgan fingerprint density at radius 1 is 1.35 bits per heavy atom. The summed E-state index contributed by atoms with van der Waals surface area (Å²) in [5.74, 6) is 2.02. The summed E-state index contributed by atoms with van der Waals surface area (Å²) in [6.07, 6.45) is 1.02. The summed E-state index contributed by atoms with van der Waals surface area (Å²) in [5.41, 5.74) is 0.949. The summed E-state index contributed by atoms with van der Waals surface area (Å²) in [4.78, 5) is 12.6. The molecule has 0 bridgehead atoms. The maximum Gasteiger partial charge on any atom is 0.137 e. The fourth-order valence-electron chi connectivity index (χ4n) is 1.96. The van der Waals surface area contributed by atoms with Crippen molar-refractivity contribution in [2.75, 3.05) is 18.5 Å². The molecular formula is C15H20ClN3S. The predicted molar refractivity (Wildman–Crippen MR) is 87.2 cm³/mol. The van der Waals surface area contributed by atoms with Gasteiger partial charge in [0.05, 0.1) is 0 Å². The summed E-state index contributed by atoms with van der Waals surface area (Å²) in [6.45, 7) is 7.06. The van der Waals surface area contributed by atoms with Crippen LogP contribution in [-0.4, -0.2) is 23.6 Å². The quantitative estimate of drug-likeness (QED) is 0.771. The van der Waals surface area contributed by atoms with Crippen LogP contribution in [0.25, 0.3) is 0 Å². The van der Waals surface area contributed by atoms with Crippen LogP contribution in [0.2, 0.25) is 5.15 Å². The monoisotopic (exact) mass is 309 g/mol. The highest BCUT2D eigenvalue weighted by Crippen LogP contribution is 2.25. The minimum Gasteiger partial charge on any atom is -0.359 e. The Labute approximate surface area is 129 Å². The fraction of sp³-hybridized carbons (Fsp3) is 0.467. The number of anilines is 1. The Morgan fingerprint density at radius 2 is 2.10 bits per heavy atom. The van der Waals surface area contributed by atoms with Crippen LogP contribution >= 0.6 is 22.9 Å². The molecule has 0 atom stereocenters. The summed E-state index contributed by atoms with van der Waals surface area (Å²) < 4.78 is 0. The first kappa shape index (κ1) is 15.3. The normalized spacial score (nSPS) is 11.1. The minimum atomic E-state index is 0.276. The van der Waals surface area contributed by atoms with Gasteiger partial charge in [0.15, 0.2) is 0 Å². The van der Waals surface area contributed by atoms with E-state index < -0.39 is 0 Å². The van der Waals surface area contributed by atoms with Crippen molar-refractivity contribution in [3.05, 3.63) is 38.9 Å². The van der Waals surface area contributed by atoms with E-state index in [1.165, 1.54) is 4.88 Å². The van der Waals surface area contributed by atoms with Crippen molar-refractivity contribution < 1.29 is 0 Å². The molecule has 0 N–H and O–H groups in total. The van der Waals surface area contributed by atoms with Gasteiger partial charge in [-0.25, -0.2) is 9.97 Å². The Morgan fingerprint density at radius 3 is 2.70 bits per heavy atom. The molecule has 2 aromatic heterocycles. The van der Waals surface area contributed by atoms with Crippen LogP contribution < -0.4 is 4.90 Å². The van der Waals surface area contributed by atoms with Gasteiger partial charge in [0.1, 0.15) is 16.8 Å². The SMILES string of the molecule is Cc1c(Cl)nc(C(C)C)nc1N(C)CCc1cccs1. The van der Waals surface area contributed by atoms with Crippen LogP contribution in [0.15, 0.2) is 17.5 Å². The van der Waals surface area contributed by atoms with E-state index in [1.807, 2.05) is 6.92 Å². The van der Waals surface area contributed by atoms with Crippen molar-refractivity contribution in [3.63, 3.8) is 0 Å². The van der Waals surface area contributed by atoms with Gasteiger partial charge in [0, 0.05) is 30.0 Å². The van der Waals surface area contributed by atoms with E-state index in [2.05, 4.69) is 53.3 Å². The van der Waals surface area contributed by atoms with Crippen LogP contribution in [0.1, 0.15) is 36.0 Å². The topological polar surface area (TPSA) is 29.0 Å². The zero-order chi connectivity index (χ0) is 14.7. The van der Waals surface area contributed by atoms with Crippen LogP contribution in [0, 0.1) is 6.92 Å². The van der Waals surface area contributed by atoms with E-state index in [0.717, 1.165) is 30.2 Å². The van der Waals surface area contributed by atoms with Crippen LogP contribution in [0.4, 0.5) is 5.82 Å². The zero-order valence-electron chi connectivity index (χ0n) is 12.4. The van der Waals surface area contributed by atoms with E-state index in [9.17, 15) is 0 Å². The van der Waals surface area contributed by atoms with Gasteiger partial charge in [-0.1, -0.05) is 31.5 Å². The lowest BCUT2D eigenvalue weighted by Crippen LogP contribution is -2.23. The summed E-state index contributed by atoms with van der Waals surface area (Å²) >= 11 is 8.02. The molecule has 20 heavy (non-hydrogen) atoms. The van der Waals surface area contributed by atoms with Gasteiger partial charge in [-0.3, -0.25) is 0 Å². The van der Waals surface area contributed by atoms with Crippen molar-refractivity contribution in [3.8, 4) is 0 Å². The lowest BCUT2D eigenvalue weighted by molar-refractivity contribution is 0.757. The molecule has 0 unspecified atom stereocenters. The summed E-state index contributed by atoms with van der Waals surface area (Å²) in [6, 6.07) is 4.25. The van der Waals surface area contributed by atoms with Crippen molar-refractivity contribution in [1.29, 1.82) is 0 Å². The van der Waals surface area contributed by atoms with Crippen LogP contribution in [0.5, 0.6) is 0 Å². The maximum absolute atomic E-state index is 6.23. The molecule has 0 saturated heterocycles. The van der Waals surface area contributed by atoms with E-state index in [-0.39, 0.29) is 5.92 Å². The molecule has 2 heterocycles. The van der Waals surface area contributed by atoms with Crippen molar-refractivity contribution in [2.45, 2.75) is 33.1 Å².